The quantitative estimate of drug-likeness (QED) is 0.889. The third-order valence-electron chi connectivity index (χ3n) is 5.45. The van der Waals surface area contributed by atoms with Gasteiger partial charge in [0.2, 0.25) is 5.91 Å². The average Bonchev–Trinajstić information content (AvgIpc) is 2.67. The molecule has 0 saturated carbocycles. The maximum atomic E-state index is 12.6. The van der Waals surface area contributed by atoms with Gasteiger partial charge in [0.1, 0.15) is 0 Å². The monoisotopic (exact) mass is 331 g/mol. The molecule has 3 rings (SSSR count). The highest BCUT2D eigenvalue weighted by Gasteiger charge is 2.27. The van der Waals surface area contributed by atoms with Crippen LogP contribution in [-0.2, 0) is 4.79 Å². The lowest BCUT2D eigenvalue weighted by Gasteiger charge is -2.38. The number of hydrogen-bond acceptors (Lipinski definition) is 5. The van der Waals surface area contributed by atoms with E-state index < -0.39 is 0 Å². The maximum absolute atomic E-state index is 12.6. The van der Waals surface area contributed by atoms with Crippen LogP contribution < -0.4 is 10.2 Å². The molecule has 1 N–H and O–H groups in total. The van der Waals surface area contributed by atoms with Crippen molar-refractivity contribution in [3.05, 3.63) is 18.3 Å². The minimum Gasteiger partial charge on any atom is -0.353 e. The normalized spacial score (nSPS) is 22.4. The van der Waals surface area contributed by atoms with Crippen molar-refractivity contribution in [1.29, 1.82) is 0 Å². The van der Waals surface area contributed by atoms with E-state index in [0.717, 1.165) is 51.3 Å². The Morgan fingerprint density at radius 1 is 1.38 bits per heavy atom. The van der Waals surface area contributed by atoms with Gasteiger partial charge in [-0.05, 0) is 63.2 Å². The van der Waals surface area contributed by atoms with Gasteiger partial charge in [0.15, 0.2) is 5.82 Å². The summed E-state index contributed by atoms with van der Waals surface area (Å²) >= 11 is 0. The first-order valence-electron chi connectivity index (χ1n) is 9.23. The average molecular weight is 331 g/mol. The van der Waals surface area contributed by atoms with Gasteiger partial charge >= 0.3 is 0 Å². The molecule has 2 aliphatic rings. The lowest BCUT2D eigenvalue weighted by molar-refractivity contribution is -0.132. The number of hydrogen-bond donors (Lipinski definition) is 1. The Labute approximate surface area is 144 Å². The van der Waals surface area contributed by atoms with E-state index in [2.05, 4.69) is 20.4 Å². The largest absolute Gasteiger partial charge is 0.353 e. The van der Waals surface area contributed by atoms with Gasteiger partial charge in [-0.1, -0.05) is 0 Å². The number of aromatic nitrogens is 2. The fourth-order valence-electron chi connectivity index (χ4n) is 3.82. The first-order chi connectivity index (χ1) is 11.7. The van der Waals surface area contributed by atoms with E-state index in [4.69, 9.17) is 0 Å². The van der Waals surface area contributed by atoms with Crippen molar-refractivity contribution in [2.24, 2.45) is 5.92 Å². The Hall–Kier alpha value is -1.69. The molecule has 1 atom stereocenters. The second-order valence-corrected chi connectivity index (χ2v) is 7.06. The molecule has 2 saturated heterocycles. The topological polar surface area (TPSA) is 61.4 Å². The van der Waals surface area contributed by atoms with E-state index in [-0.39, 0.29) is 6.04 Å². The molecule has 2 fully saturated rings. The number of amides is 1. The van der Waals surface area contributed by atoms with E-state index in [0.29, 0.717) is 18.2 Å². The van der Waals surface area contributed by atoms with Crippen molar-refractivity contribution in [3.8, 4) is 0 Å². The van der Waals surface area contributed by atoms with Crippen molar-refractivity contribution in [2.75, 3.05) is 38.1 Å². The molecule has 24 heavy (non-hydrogen) atoms. The zero-order chi connectivity index (χ0) is 16.8. The van der Waals surface area contributed by atoms with Crippen molar-refractivity contribution in [2.45, 2.75) is 44.6 Å². The number of carbonyl (C=O) groups is 1. The zero-order valence-electron chi connectivity index (χ0n) is 14.7. The first kappa shape index (κ1) is 17.1. The van der Waals surface area contributed by atoms with Crippen LogP contribution in [0.3, 0.4) is 0 Å². The highest BCUT2D eigenvalue weighted by molar-refractivity contribution is 5.76. The summed E-state index contributed by atoms with van der Waals surface area (Å²) in [7, 11) is 1.97. The number of nitrogens with zero attached hydrogens (tertiary/aromatic N) is 4. The summed E-state index contributed by atoms with van der Waals surface area (Å²) in [5.74, 6) is 1.92. The summed E-state index contributed by atoms with van der Waals surface area (Å²) in [6.45, 7) is 4.05. The Bertz CT molecular complexity index is 517. The Balaban J connectivity index is 1.50. The van der Waals surface area contributed by atoms with Crippen LogP contribution in [0.4, 0.5) is 5.82 Å². The molecule has 6 heteroatoms. The van der Waals surface area contributed by atoms with Crippen LogP contribution in [0.5, 0.6) is 0 Å². The van der Waals surface area contributed by atoms with Gasteiger partial charge in [-0.2, -0.15) is 5.10 Å². The van der Waals surface area contributed by atoms with Crippen LogP contribution in [-0.4, -0.2) is 60.3 Å². The second kappa shape index (κ2) is 8.42. The summed E-state index contributed by atoms with van der Waals surface area (Å²) < 4.78 is 0. The summed E-state index contributed by atoms with van der Waals surface area (Å²) in [5, 5.41) is 11.6. The number of anilines is 1. The van der Waals surface area contributed by atoms with Gasteiger partial charge in [-0.3, -0.25) is 4.79 Å². The molecule has 3 heterocycles. The SMILES string of the molecule is CN(C(=O)CCC1CCNCC1)C1CCCN(c2cccnn2)C1. The molecule has 2 aliphatic heterocycles. The molecular weight excluding hydrogens is 302 g/mol. The van der Waals surface area contributed by atoms with Crippen LogP contribution in [0, 0.1) is 5.92 Å². The van der Waals surface area contributed by atoms with Crippen LogP contribution >= 0.6 is 0 Å². The predicted molar refractivity (Wildman–Crippen MR) is 94.9 cm³/mol. The van der Waals surface area contributed by atoms with E-state index >= 15 is 0 Å². The van der Waals surface area contributed by atoms with E-state index in [9.17, 15) is 4.79 Å². The fourth-order valence-corrected chi connectivity index (χ4v) is 3.82. The summed E-state index contributed by atoms with van der Waals surface area (Å²) in [6.07, 6.45) is 8.00. The molecular formula is C18H29N5O. The zero-order valence-corrected chi connectivity index (χ0v) is 14.7. The standard InChI is InChI=1S/C18H29N5O/c1-22(18(24)7-6-15-8-11-19-12-9-15)16-4-3-13-23(14-16)17-5-2-10-20-21-17/h2,5,10,15-16,19H,3-4,6-9,11-14H2,1H3. The molecule has 6 nitrogen and oxygen atoms in total. The molecule has 1 aromatic heterocycles. The van der Waals surface area contributed by atoms with Crippen LogP contribution in [0.15, 0.2) is 18.3 Å². The number of piperidine rings is 2. The lowest BCUT2D eigenvalue weighted by Crippen LogP contribution is -2.49. The Kier molecular flexibility index (Phi) is 6.01. The van der Waals surface area contributed by atoms with Crippen molar-refractivity contribution in [1.82, 2.24) is 20.4 Å². The minimum absolute atomic E-state index is 0.279. The molecule has 1 unspecified atom stereocenters. The van der Waals surface area contributed by atoms with Gasteiger partial charge < -0.3 is 15.1 Å². The minimum atomic E-state index is 0.279. The lowest BCUT2D eigenvalue weighted by atomic mass is 9.93. The van der Waals surface area contributed by atoms with Crippen molar-refractivity contribution < 1.29 is 4.79 Å². The van der Waals surface area contributed by atoms with Gasteiger partial charge in [-0.15, -0.1) is 5.10 Å². The molecule has 0 aliphatic carbocycles. The third kappa shape index (κ3) is 4.44. The van der Waals surface area contributed by atoms with Gasteiger partial charge in [-0.25, -0.2) is 0 Å². The number of rotatable bonds is 5. The highest BCUT2D eigenvalue weighted by atomic mass is 16.2. The molecule has 0 radical (unpaired) electrons. The number of carbonyl (C=O) groups excluding carboxylic acids is 1. The van der Waals surface area contributed by atoms with Gasteiger partial charge in [0.25, 0.3) is 0 Å². The Morgan fingerprint density at radius 2 is 2.21 bits per heavy atom. The highest BCUT2D eigenvalue weighted by Crippen LogP contribution is 2.22. The van der Waals surface area contributed by atoms with E-state index in [1.54, 1.807) is 6.20 Å². The predicted octanol–water partition coefficient (Wildman–Crippen LogP) is 1.68. The third-order valence-corrected chi connectivity index (χ3v) is 5.45. The van der Waals surface area contributed by atoms with E-state index in [1.807, 2.05) is 24.1 Å². The van der Waals surface area contributed by atoms with Crippen LogP contribution in [0.2, 0.25) is 0 Å². The maximum Gasteiger partial charge on any atom is 0.222 e. The summed E-state index contributed by atoms with van der Waals surface area (Å²) in [5.41, 5.74) is 0. The van der Waals surface area contributed by atoms with Crippen LogP contribution in [0.25, 0.3) is 0 Å². The molecule has 1 amide bonds. The molecule has 0 spiro atoms. The number of likely N-dealkylation sites (N-methyl/N-ethyl adjacent to an activating group) is 1. The fraction of sp³-hybridized carbons (Fsp3) is 0.722. The smallest absolute Gasteiger partial charge is 0.222 e. The van der Waals surface area contributed by atoms with Gasteiger partial charge in [0, 0.05) is 38.8 Å². The summed E-state index contributed by atoms with van der Waals surface area (Å²) in [4.78, 5) is 16.8. The van der Waals surface area contributed by atoms with Gasteiger partial charge in [0.05, 0.1) is 0 Å². The first-order valence-corrected chi connectivity index (χ1v) is 9.23. The molecule has 1 aromatic rings. The van der Waals surface area contributed by atoms with E-state index in [1.165, 1.54) is 12.8 Å². The Morgan fingerprint density at radius 3 is 2.96 bits per heavy atom. The molecule has 0 aromatic carbocycles. The van der Waals surface area contributed by atoms with Crippen molar-refractivity contribution in [3.63, 3.8) is 0 Å². The van der Waals surface area contributed by atoms with Crippen molar-refractivity contribution >= 4 is 11.7 Å². The molecule has 132 valence electrons. The summed E-state index contributed by atoms with van der Waals surface area (Å²) in [6, 6.07) is 4.19. The molecule has 0 bridgehead atoms. The number of nitrogens with one attached hydrogen (secondary N) is 1. The second-order valence-electron chi connectivity index (χ2n) is 7.06. The van der Waals surface area contributed by atoms with Crippen LogP contribution in [0.1, 0.15) is 38.5 Å².